The third-order valence-corrected chi connectivity index (χ3v) is 3.76. The number of methoxy groups -OCH3 is 1. The molecule has 0 bridgehead atoms. The Balaban J connectivity index is 2.15. The van der Waals surface area contributed by atoms with Crippen LogP contribution in [-0.4, -0.2) is 26.1 Å². The lowest BCUT2D eigenvalue weighted by atomic mass is 9.83. The lowest BCUT2D eigenvalue weighted by Gasteiger charge is -2.25. The summed E-state index contributed by atoms with van der Waals surface area (Å²) in [4.78, 5) is 12.4. The van der Waals surface area contributed by atoms with Gasteiger partial charge in [-0.3, -0.25) is 4.79 Å². The van der Waals surface area contributed by atoms with Gasteiger partial charge in [-0.15, -0.1) is 0 Å². The second-order valence-corrected chi connectivity index (χ2v) is 4.72. The number of benzene rings is 1. The van der Waals surface area contributed by atoms with Gasteiger partial charge in [0.2, 0.25) is 5.91 Å². The molecule has 0 aliphatic carbocycles. The van der Waals surface area contributed by atoms with Gasteiger partial charge < -0.3 is 15.4 Å². The quantitative estimate of drug-likeness (QED) is 0.857. The van der Waals surface area contributed by atoms with Gasteiger partial charge in [0.15, 0.2) is 0 Å². The zero-order chi connectivity index (χ0) is 13.0. The molecule has 0 aromatic heterocycles. The molecular weight excluding hydrogens is 228 g/mol. The molecule has 1 heterocycles. The van der Waals surface area contributed by atoms with Crippen molar-refractivity contribution in [2.45, 2.75) is 19.8 Å². The van der Waals surface area contributed by atoms with Crippen LogP contribution in [-0.2, 0) is 4.79 Å². The maximum absolute atomic E-state index is 12.4. The number of carbonyl (C=O) groups is 1. The number of ether oxygens (including phenoxy) is 1. The van der Waals surface area contributed by atoms with E-state index in [1.807, 2.05) is 24.3 Å². The summed E-state index contributed by atoms with van der Waals surface area (Å²) in [6, 6.07) is 7.49. The lowest BCUT2D eigenvalue weighted by molar-refractivity contribution is -0.124. The molecule has 1 aliphatic rings. The predicted molar refractivity (Wildman–Crippen MR) is 71.8 cm³/mol. The molecule has 2 N–H and O–H groups in total. The smallest absolute Gasteiger partial charge is 0.232 e. The number of rotatable bonds is 4. The summed E-state index contributed by atoms with van der Waals surface area (Å²) in [5, 5.41) is 6.26. The highest BCUT2D eigenvalue weighted by atomic mass is 16.5. The molecule has 1 aliphatic heterocycles. The second-order valence-electron chi connectivity index (χ2n) is 4.72. The van der Waals surface area contributed by atoms with Crippen molar-refractivity contribution in [3.8, 4) is 5.75 Å². The van der Waals surface area contributed by atoms with Crippen LogP contribution in [0.25, 0.3) is 0 Å². The summed E-state index contributed by atoms with van der Waals surface area (Å²) in [6.45, 7) is 3.73. The molecule has 1 aromatic rings. The van der Waals surface area contributed by atoms with Crippen molar-refractivity contribution in [2.75, 3.05) is 25.5 Å². The first-order valence-corrected chi connectivity index (χ1v) is 6.37. The minimum absolute atomic E-state index is 0.0829. The van der Waals surface area contributed by atoms with Crippen LogP contribution in [0.15, 0.2) is 24.3 Å². The number of para-hydroxylation sites is 2. The van der Waals surface area contributed by atoms with Gasteiger partial charge in [-0.2, -0.15) is 0 Å². The average Bonchev–Trinajstić information content (AvgIpc) is 2.89. The Bertz CT molecular complexity index is 426. The zero-order valence-corrected chi connectivity index (χ0v) is 11.0. The van der Waals surface area contributed by atoms with Crippen molar-refractivity contribution >= 4 is 11.6 Å². The first-order valence-electron chi connectivity index (χ1n) is 6.37. The standard InChI is InChI=1S/C14H20N2O2/c1-3-14(8-9-15-10-14)13(17)16-11-6-4-5-7-12(11)18-2/h4-7,15H,3,8-10H2,1-2H3,(H,16,17). The summed E-state index contributed by atoms with van der Waals surface area (Å²) in [7, 11) is 1.61. The Morgan fingerprint density at radius 2 is 2.28 bits per heavy atom. The van der Waals surface area contributed by atoms with Gasteiger partial charge in [-0.1, -0.05) is 19.1 Å². The van der Waals surface area contributed by atoms with Gasteiger partial charge >= 0.3 is 0 Å². The molecule has 2 rings (SSSR count). The van der Waals surface area contributed by atoms with Gasteiger partial charge in [-0.05, 0) is 31.5 Å². The van der Waals surface area contributed by atoms with Crippen LogP contribution in [0.1, 0.15) is 19.8 Å². The molecule has 0 radical (unpaired) electrons. The summed E-state index contributed by atoms with van der Waals surface area (Å²) in [5.74, 6) is 0.780. The van der Waals surface area contributed by atoms with E-state index < -0.39 is 0 Å². The highest BCUT2D eigenvalue weighted by Crippen LogP contribution is 2.32. The molecule has 4 heteroatoms. The van der Waals surface area contributed by atoms with E-state index in [0.29, 0.717) is 5.75 Å². The fourth-order valence-electron chi connectivity index (χ4n) is 2.40. The Morgan fingerprint density at radius 1 is 1.50 bits per heavy atom. The Morgan fingerprint density at radius 3 is 2.89 bits per heavy atom. The molecule has 4 nitrogen and oxygen atoms in total. The minimum Gasteiger partial charge on any atom is -0.495 e. The van der Waals surface area contributed by atoms with Crippen molar-refractivity contribution in [2.24, 2.45) is 5.41 Å². The van der Waals surface area contributed by atoms with Crippen LogP contribution in [0.4, 0.5) is 5.69 Å². The first kappa shape index (κ1) is 12.9. The molecule has 18 heavy (non-hydrogen) atoms. The summed E-state index contributed by atoms with van der Waals surface area (Å²) >= 11 is 0. The number of hydrogen-bond acceptors (Lipinski definition) is 3. The van der Waals surface area contributed by atoms with E-state index in [4.69, 9.17) is 4.74 Å². The Hall–Kier alpha value is -1.55. The fraction of sp³-hybridized carbons (Fsp3) is 0.500. The summed E-state index contributed by atoms with van der Waals surface area (Å²) < 4.78 is 5.25. The number of nitrogens with one attached hydrogen (secondary N) is 2. The van der Waals surface area contributed by atoms with E-state index in [-0.39, 0.29) is 11.3 Å². The number of carbonyl (C=O) groups excluding carboxylic acids is 1. The molecule has 1 aromatic carbocycles. The Kier molecular flexibility index (Phi) is 3.87. The van der Waals surface area contributed by atoms with Crippen LogP contribution < -0.4 is 15.4 Å². The van der Waals surface area contributed by atoms with E-state index in [1.54, 1.807) is 7.11 Å². The Labute approximate surface area is 108 Å². The van der Waals surface area contributed by atoms with Gasteiger partial charge in [-0.25, -0.2) is 0 Å². The van der Waals surface area contributed by atoms with Crippen LogP contribution >= 0.6 is 0 Å². The number of hydrogen-bond donors (Lipinski definition) is 2. The van der Waals surface area contributed by atoms with Crippen molar-refractivity contribution in [3.63, 3.8) is 0 Å². The largest absolute Gasteiger partial charge is 0.495 e. The van der Waals surface area contributed by atoms with E-state index in [1.165, 1.54) is 0 Å². The van der Waals surface area contributed by atoms with Crippen molar-refractivity contribution < 1.29 is 9.53 Å². The third-order valence-electron chi connectivity index (χ3n) is 3.76. The first-order chi connectivity index (χ1) is 8.72. The van der Waals surface area contributed by atoms with Gasteiger partial charge in [0.25, 0.3) is 0 Å². The maximum Gasteiger partial charge on any atom is 0.232 e. The molecule has 0 saturated carbocycles. The van der Waals surface area contributed by atoms with Gasteiger partial charge in [0, 0.05) is 6.54 Å². The molecular formula is C14H20N2O2. The van der Waals surface area contributed by atoms with Gasteiger partial charge in [0.05, 0.1) is 18.2 Å². The minimum atomic E-state index is -0.277. The third kappa shape index (κ3) is 2.34. The second kappa shape index (κ2) is 5.40. The monoisotopic (exact) mass is 248 g/mol. The van der Waals surface area contributed by atoms with Crippen LogP contribution in [0, 0.1) is 5.41 Å². The lowest BCUT2D eigenvalue weighted by Crippen LogP contribution is -2.37. The number of amides is 1. The van der Waals surface area contributed by atoms with Gasteiger partial charge in [0.1, 0.15) is 5.75 Å². The maximum atomic E-state index is 12.4. The molecule has 1 unspecified atom stereocenters. The highest BCUT2D eigenvalue weighted by molar-refractivity contribution is 5.96. The average molecular weight is 248 g/mol. The van der Waals surface area contributed by atoms with Crippen molar-refractivity contribution in [3.05, 3.63) is 24.3 Å². The summed E-state index contributed by atoms with van der Waals surface area (Å²) in [5.41, 5.74) is 0.464. The normalized spacial score (nSPS) is 22.8. The van der Waals surface area contributed by atoms with E-state index in [0.717, 1.165) is 31.6 Å². The SMILES string of the molecule is CCC1(C(=O)Nc2ccccc2OC)CCNC1. The zero-order valence-electron chi connectivity index (χ0n) is 11.0. The van der Waals surface area contributed by atoms with E-state index >= 15 is 0 Å². The number of anilines is 1. The van der Waals surface area contributed by atoms with Crippen LogP contribution in [0.5, 0.6) is 5.75 Å². The highest BCUT2D eigenvalue weighted by Gasteiger charge is 2.39. The molecule has 98 valence electrons. The molecule has 1 fully saturated rings. The van der Waals surface area contributed by atoms with Crippen molar-refractivity contribution in [1.82, 2.24) is 5.32 Å². The van der Waals surface area contributed by atoms with E-state index in [2.05, 4.69) is 17.6 Å². The summed E-state index contributed by atoms with van der Waals surface area (Å²) in [6.07, 6.45) is 1.74. The molecule has 1 atom stereocenters. The predicted octanol–water partition coefficient (Wildman–Crippen LogP) is 2.02. The van der Waals surface area contributed by atoms with Crippen molar-refractivity contribution in [1.29, 1.82) is 0 Å². The molecule has 1 amide bonds. The molecule has 0 spiro atoms. The molecule has 1 saturated heterocycles. The van der Waals surface area contributed by atoms with Crippen LogP contribution in [0.3, 0.4) is 0 Å². The fourth-order valence-corrected chi connectivity index (χ4v) is 2.40. The van der Waals surface area contributed by atoms with E-state index in [9.17, 15) is 4.79 Å². The topological polar surface area (TPSA) is 50.4 Å². The van der Waals surface area contributed by atoms with Crippen LogP contribution in [0.2, 0.25) is 0 Å².